The third-order valence-corrected chi connectivity index (χ3v) is 2.99. The average Bonchev–Trinajstić information content (AvgIpc) is 2.46. The number of benzene rings is 1. The zero-order valence-electron chi connectivity index (χ0n) is 10.6. The van der Waals surface area contributed by atoms with Crippen LogP contribution >= 0.6 is 0 Å². The molecule has 2 rings (SSSR count). The molecule has 0 bridgehead atoms. The standard InChI is InChI=1S/C15H14N2O2/c1-11(14(18)12-6-3-2-4-7-12)17-9-5-8-13(10-17)15(16)19/h2-11H,1H3,(H-,16,19)/p+1. The van der Waals surface area contributed by atoms with Gasteiger partial charge in [0.2, 0.25) is 11.8 Å². The SMILES string of the molecule is CC(C(=O)c1ccccc1)[n+]1cccc(C(N)=O)c1. The van der Waals surface area contributed by atoms with Crippen molar-refractivity contribution >= 4 is 11.7 Å². The molecule has 1 heterocycles. The smallest absolute Gasteiger partial charge is 0.254 e. The van der Waals surface area contributed by atoms with Crippen LogP contribution in [-0.4, -0.2) is 11.7 Å². The number of carbonyl (C=O) groups excluding carboxylic acids is 2. The molecule has 0 aliphatic carbocycles. The Morgan fingerprint density at radius 3 is 2.32 bits per heavy atom. The van der Waals surface area contributed by atoms with E-state index < -0.39 is 5.91 Å². The highest BCUT2D eigenvalue weighted by Crippen LogP contribution is 2.08. The first-order chi connectivity index (χ1) is 9.09. The van der Waals surface area contributed by atoms with Crippen molar-refractivity contribution in [2.45, 2.75) is 13.0 Å². The minimum atomic E-state index is -0.506. The number of carbonyl (C=O) groups is 2. The van der Waals surface area contributed by atoms with E-state index in [0.717, 1.165) is 0 Å². The van der Waals surface area contributed by atoms with E-state index in [2.05, 4.69) is 0 Å². The van der Waals surface area contributed by atoms with Crippen LogP contribution in [0.4, 0.5) is 0 Å². The molecule has 1 aromatic heterocycles. The summed E-state index contributed by atoms with van der Waals surface area (Å²) in [7, 11) is 0. The number of amides is 1. The molecule has 19 heavy (non-hydrogen) atoms. The molecule has 96 valence electrons. The van der Waals surface area contributed by atoms with E-state index in [9.17, 15) is 9.59 Å². The molecule has 0 aliphatic heterocycles. The third-order valence-electron chi connectivity index (χ3n) is 2.99. The second kappa shape index (κ2) is 5.44. The van der Waals surface area contributed by atoms with Crippen LogP contribution < -0.4 is 10.3 Å². The highest BCUT2D eigenvalue weighted by atomic mass is 16.1. The van der Waals surface area contributed by atoms with Crippen molar-refractivity contribution in [2.75, 3.05) is 0 Å². The fraction of sp³-hybridized carbons (Fsp3) is 0.133. The topological polar surface area (TPSA) is 64.0 Å². The van der Waals surface area contributed by atoms with Crippen molar-refractivity contribution in [1.82, 2.24) is 0 Å². The normalized spacial score (nSPS) is 11.8. The number of nitrogens with zero attached hydrogens (tertiary/aromatic N) is 1. The highest BCUT2D eigenvalue weighted by molar-refractivity contribution is 5.97. The van der Waals surface area contributed by atoms with Gasteiger partial charge in [0.15, 0.2) is 12.4 Å². The number of rotatable bonds is 4. The summed E-state index contributed by atoms with van der Waals surface area (Å²) in [6, 6.07) is 12.0. The number of Topliss-reactive ketones (excluding diaryl/α,β-unsaturated/α-hetero) is 1. The number of primary amides is 1. The van der Waals surface area contributed by atoms with Gasteiger partial charge in [-0.05, 0) is 6.07 Å². The van der Waals surface area contributed by atoms with Crippen molar-refractivity contribution in [3.63, 3.8) is 0 Å². The molecule has 1 aromatic carbocycles. The third kappa shape index (κ3) is 2.85. The van der Waals surface area contributed by atoms with Crippen molar-refractivity contribution in [3.8, 4) is 0 Å². The first-order valence-electron chi connectivity index (χ1n) is 5.99. The summed E-state index contributed by atoms with van der Waals surface area (Å²) in [5.41, 5.74) is 6.26. The number of pyridine rings is 1. The van der Waals surface area contributed by atoms with E-state index in [-0.39, 0.29) is 11.8 Å². The van der Waals surface area contributed by atoms with Gasteiger partial charge in [0.25, 0.3) is 5.91 Å². The van der Waals surface area contributed by atoms with Gasteiger partial charge < -0.3 is 5.73 Å². The molecule has 1 amide bonds. The van der Waals surface area contributed by atoms with Crippen LogP contribution in [0, 0.1) is 0 Å². The first-order valence-corrected chi connectivity index (χ1v) is 5.99. The van der Waals surface area contributed by atoms with Crippen molar-refractivity contribution < 1.29 is 14.2 Å². The lowest BCUT2D eigenvalue weighted by molar-refractivity contribution is -0.704. The summed E-state index contributed by atoms with van der Waals surface area (Å²) >= 11 is 0. The van der Waals surface area contributed by atoms with Crippen LogP contribution in [-0.2, 0) is 0 Å². The van der Waals surface area contributed by atoms with Crippen LogP contribution in [0.1, 0.15) is 33.7 Å². The van der Waals surface area contributed by atoms with Gasteiger partial charge in [-0.2, -0.15) is 4.57 Å². The predicted octanol–water partition coefficient (Wildman–Crippen LogP) is 1.52. The largest absolute Gasteiger partial charge is 0.365 e. The van der Waals surface area contributed by atoms with E-state index in [1.54, 1.807) is 48.1 Å². The molecule has 2 aromatic rings. The maximum Gasteiger partial charge on any atom is 0.254 e. The second-order valence-corrected chi connectivity index (χ2v) is 4.31. The predicted molar refractivity (Wildman–Crippen MR) is 70.6 cm³/mol. The molecule has 0 saturated carbocycles. The lowest BCUT2D eigenvalue weighted by atomic mass is 10.1. The van der Waals surface area contributed by atoms with E-state index in [1.807, 2.05) is 18.2 Å². The maximum absolute atomic E-state index is 12.3. The number of ketones is 1. The molecule has 0 fully saturated rings. The van der Waals surface area contributed by atoms with Gasteiger partial charge in [-0.15, -0.1) is 0 Å². The van der Waals surface area contributed by atoms with Gasteiger partial charge in [0.05, 0.1) is 0 Å². The Labute approximate surface area is 111 Å². The molecule has 2 N–H and O–H groups in total. The van der Waals surface area contributed by atoms with Crippen LogP contribution in [0.5, 0.6) is 0 Å². The molecule has 1 unspecified atom stereocenters. The van der Waals surface area contributed by atoms with Crippen LogP contribution in [0.15, 0.2) is 54.9 Å². The number of nitrogens with two attached hydrogens (primary N) is 1. The summed E-state index contributed by atoms with van der Waals surface area (Å²) in [4.78, 5) is 23.4. The summed E-state index contributed by atoms with van der Waals surface area (Å²) in [5, 5.41) is 0. The lowest BCUT2D eigenvalue weighted by Crippen LogP contribution is -2.42. The van der Waals surface area contributed by atoms with Crippen LogP contribution in [0.3, 0.4) is 0 Å². The fourth-order valence-corrected chi connectivity index (χ4v) is 1.86. The molecule has 0 spiro atoms. The van der Waals surface area contributed by atoms with Crippen molar-refractivity contribution in [1.29, 1.82) is 0 Å². The molecule has 0 saturated heterocycles. The zero-order valence-corrected chi connectivity index (χ0v) is 10.6. The quantitative estimate of drug-likeness (QED) is 0.665. The Bertz CT molecular complexity index is 609. The molecular weight excluding hydrogens is 240 g/mol. The first kappa shape index (κ1) is 13.0. The molecule has 4 heteroatoms. The van der Waals surface area contributed by atoms with Gasteiger partial charge in [-0.1, -0.05) is 30.3 Å². The Morgan fingerprint density at radius 1 is 1.05 bits per heavy atom. The summed E-state index contributed by atoms with van der Waals surface area (Å²) in [5.74, 6) is -0.513. The van der Waals surface area contributed by atoms with E-state index >= 15 is 0 Å². The number of hydrogen-bond acceptors (Lipinski definition) is 2. The zero-order chi connectivity index (χ0) is 13.8. The molecule has 0 radical (unpaired) electrons. The summed E-state index contributed by atoms with van der Waals surface area (Å²) in [6.45, 7) is 1.79. The van der Waals surface area contributed by atoms with Crippen LogP contribution in [0.25, 0.3) is 0 Å². The van der Waals surface area contributed by atoms with Crippen molar-refractivity contribution in [3.05, 3.63) is 66.0 Å². The molecule has 0 aliphatic rings. The second-order valence-electron chi connectivity index (χ2n) is 4.31. The van der Waals surface area contributed by atoms with Crippen molar-refractivity contribution in [2.24, 2.45) is 5.73 Å². The average molecular weight is 255 g/mol. The maximum atomic E-state index is 12.3. The molecule has 1 atom stereocenters. The Kier molecular flexibility index (Phi) is 3.71. The van der Waals surface area contributed by atoms with Gasteiger partial charge in [0, 0.05) is 18.6 Å². The number of aromatic nitrogens is 1. The lowest BCUT2D eigenvalue weighted by Gasteiger charge is -2.06. The van der Waals surface area contributed by atoms with E-state index in [0.29, 0.717) is 11.1 Å². The van der Waals surface area contributed by atoms with E-state index in [1.165, 1.54) is 0 Å². The summed E-state index contributed by atoms with van der Waals surface area (Å²) < 4.78 is 1.69. The minimum Gasteiger partial charge on any atom is -0.365 e. The van der Waals surface area contributed by atoms with E-state index in [4.69, 9.17) is 5.73 Å². The van der Waals surface area contributed by atoms with Crippen LogP contribution in [0.2, 0.25) is 0 Å². The fourth-order valence-electron chi connectivity index (χ4n) is 1.86. The Hall–Kier alpha value is -2.49. The van der Waals surface area contributed by atoms with Gasteiger partial charge in [-0.3, -0.25) is 9.59 Å². The molecule has 4 nitrogen and oxygen atoms in total. The molecular formula is C15H15N2O2+. The summed E-state index contributed by atoms with van der Waals surface area (Å²) in [6.07, 6.45) is 3.34. The van der Waals surface area contributed by atoms with Gasteiger partial charge >= 0.3 is 0 Å². The Balaban J connectivity index is 2.29. The Morgan fingerprint density at radius 2 is 1.68 bits per heavy atom. The van der Waals surface area contributed by atoms with Gasteiger partial charge in [0.1, 0.15) is 5.56 Å². The minimum absolute atomic E-state index is 0.00720. The van der Waals surface area contributed by atoms with Gasteiger partial charge in [-0.25, -0.2) is 0 Å². The highest BCUT2D eigenvalue weighted by Gasteiger charge is 2.23. The number of hydrogen-bond donors (Lipinski definition) is 1. The monoisotopic (exact) mass is 255 g/mol.